The lowest BCUT2D eigenvalue weighted by Crippen LogP contribution is -2.37. The highest BCUT2D eigenvalue weighted by atomic mass is 16.1. The van der Waals surface area contributed by atoms with E-state index in [1.807, 2.05) is 18.2 Å². The average molecular weight is 348 g/mol. The van der Waals surface area contributed by atoms with Crippen LogP contribution in [0.3, 0.4) is 0 Å². The number of nitrogens with zero attached hydrogens (tertiary/aromatic N) is 3. The second-order valence-electron chi connectivity index (χ2n) is 7.19. The molecule has 1 aromatic carbocycles. The lowest BCUT2D eigenvalue weighted by Gasteiger charge is -2.30. The normalized spacial score (nSPS) is 16.7. The molecule has 1 aliphatic rings. The van der Waals surface area contributed by atoms with E-state index in [9.17, 15) is 4.79 Å². The number of pyridine rings is 1. The van der Waals surface area contributed by atoms with Gasteiger partial charge in [0.05, 0.1) is 0 Å². The van der Waals surface area contributed by atoms with E-state index in [-0.39, 0.29) is 5.56 Å². The molecule has 5 nitrogen and oxygen atoms in total. The second kappa shape index (κ2) is 6.92. The molecule has 2 heterocycles. The second-order valence-corrected chi connectivity index (χ2v) is 7.19. The van der Waals surface area contributed by atoms with Crippen molar-refractivity contribution in [3.8, 4) is 5.82 Å². The molecule has 26 heavy (non-hydrogen) atoms. The van der Waals surface area contributed by atoms with Gasteiger partial charge in [0.2, 0.25) is 0 Å². The number of likely N-dealkylation sites (N-methyl/N-ethyl adjacent to an activating group) is 1. The molecule has 1 aliphatic carbocycles. The smallest absolute Gasteiger partial charge is 0.276 e. The first-order valence-electron chi connectivity index (χ1n) is 9.12. The highest BCUT2D eigenvalue weighted by Crippen LogP contribution is 2.22. The van der Waals surface area contributed by atoms with Crippen LogP contribution < -0.4 is 5.56 Å². The van der Waals surface area contributed by atoms with Gasteiger partial charge in [0.1, 0.15) is 0 Å². The topological polar surface area (TPSA) is 53.9 Å². The van der Waals surface area contributed by atoms with Crippen molar-refractivity contribution in [2.45, 2.75) is 38.8 Å². The highest BCUT2D eigenvalue weighted by Gasteiger charge is 2.27. The summed E-state index contributed by atoms with van der Waals surface area (Å²) >= 11 is 0. The number of hydrogen-bond acceptors (Lipinski definition) is 3. The van der Waals surface area contributed by atoms with E-state index in [0.717, 1.165) is 37.1 Å². The van der Waals surface area contributed by atoms with Crippen LogP contribution in [0.2, 0.25) is 0 Å². The van der Waals surface area contributed by atoms with E-state index in [0.29, 0.717) is 11.9 Å². The summed E-state index contributed by atoms with van der Waals surface area (Å²) in [6.07, 6.45) is 4.44. The van der Waals surface area contributed by atoms with Crippen LogP contribution in [-0.2, 0) is 19.4 Å². The van der Waals surface area contributed by atoms with Gasteiger partial charge in [-0.1, -0.05) is 35.9 Å². The van der Waals surface area contributed by atoms with Gasteiger partial charge >= 0.3 is 0 Å². The molecule has 1 atom stereocenters. The Morgan fingerprint density at radius 3 is 2.77 bits per heavy atom. The Morgan fingerprint density at radius 2 is 2.04 bits per heavy atom. The maximum absolute atomic E-state index is 12.9. The molecule has 0 bridgehead atoms. The lowest BCUT2D eigenvalue weighted by atomic mass is 9.92. The van der Waals surface area contributed by atoms with E-state index in [2.05, 4.69) is 53.2 Å². The molecule has 3 aromatic rings. The Kier molecular flexibility index (Phi) is 4.47. The van der Waals surface area contributed by atoms with Crippen molar-refractivity contribution in [2.24, 2.45) is 0 Å². The van der Waals surface area contributed by atoms with E-state index < -0.39 is 0 Å². The molecule has 0 saturated carbocycles. The third-order valence-electron chi connectivity index (χ3n) is 5.29. The molecule has 4 rings (SSSR count). The zero-order chi connectivity index (χ0) is 18.1. The fourth-order valence-corrected chi connectivity index (χ4v) is 3.72. The van der Waals surface area contributed by atoms with E-state index in [4.69, 9.17) is 0 Å². The van der Waals surface area contributed by atoms with Crippen LogP contribution in [0, 0.1) is 6.92 Å². The number of fused-ring (bicyclic) bond motifs is 1. The molecule has 1 N–H and O–H groups in total. The SMILES string of the molecule is Cc1ccc(CN(C)C2CCc3[nH]n(-c4ccccn4)c(=O)c3C2)cc1. The first-order chi connectivity index (χ1) is 12.6. The van der Waals surface area contributed by atoms with Gasteiger partial charge in [-0.3, -0.25) is 14.8 Å². The van der Waals surface area contributed by atoms with Crippen molar-refractivity contribution in [1.29, 1.82) is 0 Å². The summed E-state index contributed by atoms with van der Waals surface area (Å²) in [5.74, 6) is 0.649. The van der Waals surface area contributed by atoms with E-state index in [1.165, 1.54) is 11.1 Å². The number of hydrogen-bond donors (Lipinski definition) is 1. The molecule has 0 spiro atoms. The Bertz CT molecular complexity index is 940. The van der Waals surface area contributed by atoms with Crippen LogP contribution in [0.1, 0.15) is 28.8 Å². The standard InChI is InChI=1S/C21H24N4O/c1-15-6-8-16(9-7-15)14-24(2)17-10-11-19-18(13-17)21(26)25(23-19)20-5-3-4-12-22-20/h3-9,12,17,23H,10-11,13-14H2,1-2H3. The molecule has 0 fully saturated rings. The number of H-pyrrole nitrogens is 1. The van der Waals surface area contributed by atoms with Gasteiger partial charge in [-0.05, 0) is 50.9 Å². The van der Waals surface area contributed by atoms with Crippen LogP contribution in [0.15, 0.2) is 53.5 Å². The quantitative estimate of drug-likeness (QED) is 0.789. The largest absolute Gasteiger partial charge is 0.299 e. The number of benzene rings is 1. The third kappa shape index (κ3) is 3.22. The van der Waals surface area contributed by atoms with Crippen molar-refractivity contribution >= 4 is 0 Å². The van der Waals surface area contributed by atoms with E-state index >= 15 is 0 Å². The van der Waals surface area contributed by atoms with Crippen molar-refractivity contribution in [3.63, 3.8) is 0 Å². The van der Waals surface area contributed by atoms with Crippen molar-refractivity contribution in [2.75, 3.05) is 7.05 Å². The fraction of sp³-hybridized carbons (Fsp3) is 0.333. The molecule has 0 aliphatic heterocycles. The van der Waals surface area contributed by atoms with Crippen LogP contribution in [-0.4, -0.2) is 32.8 Å². The number of aromatic amines is 1. The van der Waals surface area contributed by atoms with Crippen molar-refractivity contribution in [1.82, 2.24) is 19.7 Å². The summed E-state index contributed by atoms with van der Waals surface area (Å²) in [4.78, 5) is 19.5. The van der Waals surface area contributed by atoms with Crippen molar-refractivity contribution in [3.05, 3.63) is 81.4 Å². The van der Waals surface area contributed by atoms with Gasteiger partial charge in [-0.25, -0.2) is 9.67 Å². The first kappa shape index (κ1) is 16.8. The molecule has 0 saturated heterocycles. The molecular weight excluding hydrogens is 324 g/mol. The minimum absolute atomic E-state index is 0.0344. The third-order valence-corrected chi connectivity index (χ3v) is 5.29. The molecule has 134 valence electrons. The van der Waals surface area contributed by atoms with Crippen LogP contribution in [0.25, 0.3) is 5.82 Å². The summed E-state index contributed by atoms with van der Waals surface area (Å²) in [5, 5.41) is 3.26. The molecule has 2 aromatic heterocycles. The molecule has 0 amide bonds. The average Bonchev–Trinajstić information content (AvgIpc) is 3.00. The summed E-state index contributed by atoms with van der Waals surface area (Å²) in [5.41, 5.74) is 4.58. The van der Waals surface area contributed by atoms with Gasteiger partial charge in [0.15, 0.2) is 5.82 Å². The van der Waals surface area contributed by atoms with E-state index in [1.54, 1.807) is 10.9 Å². The van der Waals surface area contributed by atoms with Gasteiger partial charge in [-0.15, -0.1) is 0 Å². The molecular formula is C21H24N4O. The maximum atomic E-state index is 12.9. The Hall–Kier alpha value is -2.66. The number of rotatable bonds is 4. The molecule has 5 heteroatoms. The number of aryl methyl sites for hydroxylation is 2. The summed E-state index contributed by atoms with van der Waals surface area (Å²) in [6.45, 7) is 3.01. The number of nitrogens with one attached hydrogen (secondary N) is 1. The van der Waals surface area contributed by atoms with Crippen molar-refractivity contribution < 1.29 is 0 Å². The summed E-state index contributed by atoms with van der Waals surface area (Å²) in [6, 6.07) is 14.7. The Labute approximate surface area is 153 Å². The predicted molar refractivity (Wildman–Crippen MR) is 103 cm³/mol. The van der Waals surface area contributed by atoms with Crippen LogP contribution >= 0.6 is 0 Å². The van der Waals surface area contributed by atoms with Gasteiger partial charge < -0.3 is 0 Å². The monoisotopic (exact) mass is 348 g/mol. The minimum atomic E-state index is 0.0344. The number of aromatic nitrogens is 3. The zero-order valence-electron chi connectivity index (χ0n) is 15.3. The van der Waals surface area contributed by atoms with Gasteiger partial charge in [-0.2, -0.15) is 0 Å². The maximum Gasteiger partial charge on any atom is 0.276 e. The summed E-state index contributed by atoms with van der Waals surface area (Å²) in [7, 11) is 2.15. The van der Waals surface area contributed by atoms with Crippen LogP contribution in [0.4, 0.5) is 0 Å². The van der Waals surface area contributed by atoms with Crippen LogP contribution in [0.5, 0.6) is 0 Å². The Balaban J connectivity index is 1.53. The molecule has 1 unspecified atom stereocenters. The first-order valence-corrected chi connectivity index (χ1v) is 9.12. The summed E-state index contributed by atoms with van der Waals surface area (Å²) < 4.78 is 1.58. The minimum Gasteiger partial charge on any atom is -0.299 e. The fourth-order valence-electron chi connectivity index (χ4n) is 3.72. The van der Waals surface area contributed by atoms with Gasteiger partial charge in [0, 0.05) is 30.0 Å². The van der Waals surface area contributed by atoms with Gasteiger partial charge in [0.25, 0.3) is 5.56 Å². The Morgan fingerprint density at radius 1 is 1.23 bits per heavy atom. The predicted octanol–water partition coefficient (Wildman–Crippen LogP) is 2.86. The highest BCUT2D eigenvalue weighted by molar-refractivity contribution is 5.29. The zero-order valence-corrected chi connectivity index (χ0v) is 15.3. The molecule has 0 radical (unpaired) electrons. The lowest BCUT2D eigenvalue weighted by molar-refractivity contribution is 0.213.